The van der Waals surface area contributed by atoms with Crippen LogP contribution in [-0.2, 0) is 27.5 Å². The Morgan fingerprint density at radius 3 is 2.65 bits per heavy atom. The molecule has 2 N–H and O–H groups in total. The minimum atomic E-state index is -3.62. The van der Waals surface area contributed by atoms with Gasteiger partial charge in [0.1, 0.15) is 11.7 Å². The minimum Gasteiger partial charge on any atom is -0.446 e. The van der Waals surface area contributed by atoms with E-state index in [1.165, 1.54) is 24.3 Å². The third-order valence-corrected chi connectivity index (χ3v) is 7.49. The average molecular weight is 486 g/mol. The molecule has 1 aromatic heterocycles. The number of amides is 2. The summed E-state index contributed by atoms with van der Waals surface area (Å²) >= 11 is 0. The molecule has 0 saturated heterocycles. The average Bonchev–Trinajstić information content (AvgIpc) is 3.34. The predicted octanol–water partition coefficient (Wildman–Crippen LogP) is 2.53. The van der Waals surface area contributed by atoms with Gasteiger partial charge in [0.2, 0.25) is 0 Å². The predicted molar refractivity (Wildman–Crippen MR) is 125 cm³/mol. The van der Waals surface area contributed by atoms with Gasteiger partial charge in [-0.2, -0.15) is 0 Å². The zero-order valence-electron chi connectivity index (χ0n) is 18.7. The van der Waals surface area contributed by atoms with E-state index in [0.29, 0.717) is 24.2 Å². The number of carbonyl (C=O) groups excluding carboxylic acids is 2. The molecule has 1 aliphatic heterocycles. The molecular weight excluding hydrogens is 458 g/mol. The highest BCUT2D eigenvalue weighted by Gasteiger charge is 2.27. The van der Waals surface area contributed by atoms with Crippen LogP contribution in [0, 0.1) is 0 Å². The van der Waals surface area contributed by atoms with E-state index < -0.39 is 21.3 Å². The number of carbonyl (C=O) groups is 2. The number of ether oxygens (including phenoxy) is 1. The van der Waals surface area contributed by atoms with E-state index in [-0.39, 0.29) is 35.7 Å². The first kappa shape index (κ1) is 23.7. The van der Waals surface area contributed by atoms with Crippen LogP contribution in [-0.4, -0.2) is 49.5 Å². The number of H-pyrrole nitrogens is 1. The molecule has 2 aliphatic rings. The Morgan fingerprint density at radius 2 is 1.91 bits per heavy atom. The van der Waals surface area contributed by atoms with Gasteiger partial charge in [-0.1, -0.05) is 24.3 Å². The molecule has 0 bridgehead atoms. The lowest BCUT2D eigenvalue weighted by atomic mass is 10.0. The first-order valence-corrected chi connectivity index (χ1v) is 12.8. The maximum atomic E-state index is 12.6. The largest absolute Gasteiger partial charge is 0.446 e. The van der Waals surface area contributed by atoms with Crippen LogP contribution in [0.4, 0.5) is 4.79 Å². The zero-order chi connectivity index (χ0) is 24.1. The molecule has 2 aromatic rings. The van der Waals surface area contributed by atoms with Crippen molar-refractivity contribution in [3.05, 3.63) is 75.1 Å². The molecule has 1 fully saturated rings. The zero-order valence-corrected chi connectivity index (χ0v) is 19.5. The third-order valence-electron chi connectivity index (χ3n) is 6.01. The first-order valence-electron chi connectivity index (χ1n) is 11.3. The molecule has 1 saturated carbocycles. The van der Waals surface area contributed by atoms with Crippen molar-refractivity contribution in [3.63, 3.8) is 0 Å². The van der Waals surface area contributed by atoms with E-state index in [0.717, 1.165) is 31.1 Å². The van der Waals surface area contributed by atoms with E-state index in [2.05, 4.69) is 10.3 Å². The van der Waals surface area contributed by atoms with Gasteiger partial charge in [-0.05, 0) is 49.4 Å². The van der Waals surface area contributed by atoms with Crippen LogP contribution in [0.5, 0.6) is 0 Å². The molecule has 180 valence electrons. The second-order valence-electron chi connectivity index (χ2n) is 8.42. The fraction of sp³-hybridized carbons (Fsp3) is 0.375. The number of hydrogen-bond acceptors (Lipinski definition) is 6. The van der Waals surface area contributed by atoms with Gasteiger partial charge in [-0.15, -0.1) is 0 Å². The quantitative estimate of drug-likeness (QED) is 0.648. The number of fused-ring (bicyclic) bond motifs is 1. The van der Waals surface area contributed by atoms with Gasteiger partial charge in [0, 0.05) is 30.6 Å². The minimum absolute atomic E-state index is 0.0374. The number of aromatic amines is 1. The Labute approximate surface area is 197 Å². The summed E-state index contributed by atoms with van der Waals surface area (Å²) in [6.45, 7) is 0.606. The molecule has 34 heavy (non-hydrogen) atoms. The van der Waals surface area contributed by atoms with Crippen molar-refractivity contribution in [2.24, 2.45) is 0 Å². The van der Waals surface area contributed by atoms with Crippen LogP contribution in [0.3, 0.4) is 0 Å². The van der Waals surface area contributed by atoms with Crippen molar-refractivity contribution in [2.75, 3.05) is 13.1 Å². The van der Waals surface area contributed by atoms with Crippen molar-refractivity contribution in [2.45, 2.75) is 49.6 Å². The second-order valence-corrected chi connectivity index (χ2v) is 10.3. The smallest absolute Gasteiger partial charge is 0.410 e. The lowest BCUT2D eigenvalue weighted by molar-refractivity contribution is 0.0616. The number of nitrogens with one attached hydrogen (secondary N) is 2. The van der Waals surface area contributed by atoms with Crippen molar-refractivity contribution in [1.82, 2.24) is 15.2 Å². The summed E-state index contributed by atoms with van der Waals surface area (Å²) in [6.07, 6.45) is 5.26. The number of rotatable bonds is 6. The maximum absolute atomic E-state index is 12.6. The summed E-state index contributed by atoms with van der Waals surface area (Å²) in [5.41, 5.74) is 0.755. The molecule has 0 atom stereocenters. The Morgan fingerprint density at radius 1 is 1.18 bits per heavy atom. The Balaban J connectivity index is 1.38. The van der Waals surface area contributed by atoms with Crippen LogP contribution in [0.1, 0.15) is 47.3 Å². The van der Waals surface area contributed by atoms with Gasteiger partial charge in [0.05, 0.1) is 11.4 Å². The molecule has 1 aliphatic carbocycles. The molecule has 2 heterocycles. The topological polar surface area (TPSA) is 126 Å². The summed E-state index contributed by atoms with van der Waals surface area (Å²) in [5, 5.41) is 3.56. The van der Waals surface area contributed by atoms with E-state index >= 15 is 0 Å². The molecule has 10 heteroatoms. The first-order chi connectivity index (χ1) is 16.3. The number of nitrogens with zero attached hydrogens (tertiary/aromatic N) is 1. The van der Waals surface area contributed by atoms with Crippen molar-refractivity contribution in [1.29, 1.82) is 0 Å². The van der Waals surface area contributed by atoms with E-state index in [4.69, 9.17) is 4.74 Å². The normalized spacial score (nSPS) is 16.4. The summed E-state index contributed by atoms with van der Waals surface area (Å²) < 4.78 is 30.1. The van der Waals surface area contributed by atoms with Crippen LogP contribution in [0.15, 0.2) is 57.6 Å². The van der Waals surface area contributed by atoms with Crippen molar-refractivity contribution in [3.8, 4) is 0 Å². The molecule has 0 unspecified atom stereocenters. The van der Waals surface area contributed by atoms with Gasteiger partial charge in [0.15, 0.2) is 9.84 Å². The highest BCUT2D eigenvalue weighted by Crippen LogP contribution is 2.23. The number of hydrogen-bond donors (Lipinski definition) is 2. The van der Waals surface area contributed by atoms with Gasteiger partial charge in [-0.25, -0.2) is 13.2 Å². The molecule has 0 spiro atoms. The summed E-state index contributed by atoms with van der Waals surface area (Å²) in [6, 6.07) is 9.43. The Bertz CT molecular complexity index is 1250. The fourth-order valence-corrected chi connectivity index (χ4v) is 5.21. The monoisotopic (exact) mass is 485 g/mol. The van der Waals surface area contributed by atoms with Crippen molar-refractivity contribution >= 4 is 21.8 Å². The van der Waals surface area contributed by atoms with Gasteiger partial charge < -0.3 is 19.9 Å². The van der Waals surface area contributed by atoms with Gasteiger partial charge >= 0.3 is 6.09 Å². The Hall–Kier alpha value is -3.40. The highest BCUT2D eigenvalue weighted by atomic mass is 32.2. The second kappa shape index (κ2) is 10.3. The molecule has 4 rings (SSSR count). The summed E-state index contributed by atoms with van der Waals surface area (Å²) in [7, 11) is -3.62. The molecule has 9 nitrogen and oxygen atoms in total. The number of benzene rings is 1. The van der Waals surface area contributed by atoms with Crippen molar-refractivity contribution < 1.29 is 22.7 Å². The molecular formula is C24H27N3O6S. The lowest BCUT2D eigenvalue weighted by Crippen LogP contribution is -2.39. The molecule has 0 radical (unpaired) electrons. The molecule has 2 amide bonds. The van der Waals surface area contributed by atoms with Crippen LogP contribution >= 0.6 is 0 Å². The van der Waals surface area contributed by atoms with Gasteiger partial charge in [0.25, 0.3) is 11.5 Å². The lowest BCUT2D eigenvalue weighted by Gasteiger charge is -2.29. The van der Waals surface area contributed by atoms with Crippen LogP contribution in [0.25, 0.3) is 0 Å². The standard InChI is InChI=1S/C24H27N3O6S/c28-22(25-12-6-14-34(31,32)19-9-2-1-3-10-19)20-15-17-16-27(13-11-21(17)26-23(20)29)24(30)33-18-7-4-5-8-18/h1-3,6,9-10,14-15,18H,4-5,7-8,11-13,16H2,(H,25,28)(H,26,29)/b14-6+. The number of sulfone groups is 1. The van der Waals surface area contributed by atoms with E-state index in [1.807, 2.05) is 0 Å². The number of pyridine rings is 1. The summed E-state index contributed by atoms with van der Waals surface area (Å²) in [5.74, 6) is -0.628. The number of aromatic nitrogens is 1. The molecule has 1 aromatic carbocycles. The van der Waals surface area contributed by atoms with Crippen LogP contribution < -0.4 is 10.9 Å². The van der Waals surface area contributed by atoms with E-state index in [1.54, 1.807) is 23.1 Å². The fourth-order valence-electron chi connectivity index (χ4n) is 4.17. The third kappa shape index (κ3) is 5.56. The summed E-state index contributed by atoms with van der Waals surface area (Å²) in [4.78, 5) is 42.0. The van der Waals surface area contributed by atoms with Gasteiger partial charge in [-0.3, -0.25) is 9.59 Å². The maximum Gasteiger partial charge on any atom is 0.410 e. The SMILES string of the molecule is O=C(NC/C=C/S(=O)(=O)c1ccccc1)c1cc2c([nH]c1=O)CCN(C(=O)OC1CCCC1)C2. The van der Waals surface area contributed by atoms with E-state index in [9.17, 15) is 22.8 Å². The Kier molecular flexibility index (Phi) is 7.16. The van der Waals surface area contributed by atoms with Crippen LogP contribution in [0.2, 0.25) is 0 Å². The highest BCUT2D eigenvalue weighted by molar-refractivity contribution is 7.94.